The van der Waals surface area contributed by atoms with E-state index in [2.05, 4.69) is 5.32 Å². The Hall–Kier alpha value is -2.82. The van der Waals surface area contributed by atoms with Crippen LogP contribution in [0.1, 0.15) is 19.4 Å². The largest absolute Gasteiger partial charge is 0.497 e. The van der Waals surface area contributed by atoms with Gasteiger partial charge in [-0.3, -0.25) is 9.59 Å². The van der Waals surface area contributed by atoms with Crippen molar-refractivity contribution in [1.82, 2.24) is 5.32 Å². The third-order valence-corrected chi connectivity index (χ3v) is 3.93. The Balaban J connectivity index is 2.01. The minimum Gasteiger partial charge on any atom is -0.497 e. The van der Waals surface area contributed by atoms with Gasteiger partial charge in [0.25, 0.3) is 0 Å². The van der Waals surface area contributed by atoms with Gasteiger partial charge in [0.1, 0.15) is 11.2 Å². The van der Waals surface area contributed by atoms with Crippen molar-refractivity contribution in [2.24, 2.45) is 5.41 Å². The molecule has 0 radical (unpaired) electrons. The molecule has 0 fully saturated rings. The summed E-state index contributed by atoms with van der Waals surface area (Å²) < 4.78 is 5.14. The summed E-state index contributed by atoms with van der Waals surface area (Å²) in [6.07, 6.45) is 0. The standard InChI is InChI=1S/C19H21NO4/c1-19(2,18(22)23)17(21)20-12-13-4-6-14(7-5-13)15-8-10-16(24-3)11-9-15/h4-11H,12H2,1-3H3,(H,20,21)(H,22,23). The Morgan fingerprint density at radius 3 is 1.96 bits per heavy atom. The van der Waals surface area contributed by atoms with Crippen molar-refractivity contribution in [2.45, 2.75) is 20.4 Å². The molecule has 1 amide bonds. The van der Waals surface area contributed by atoms with Crippen molar-refractivity contribution in [1.29, 1.82) is 0 Å². The Bertz CT molecular complexity index is 718. The summed E-state index contributed by atoms with van der Waals surface area (Å²) in [5.41, 5.74) is 1.59. The molecule has 0 saturated carbocycles. The van der Waals surface area contributed by atoms with Crippen LogP contribution >= 0.6 is 0 Å². The summed E-state index contributed by atoms with van der Waals surface area (Å²) in [5, 5.41) is 11.7. The number of benzene rings is 2. The minimum absolute atomic E-state index is 0.290. The maximum atomic E-state index is 11.9. The second-order valence-corrected chi connectivity index (χ2v) is 6.04. The van der Waals surface area contributed by atoms with Crippen LogP contribution in [0.3, 0.4) is 0 Å². The van der Waals surface area contributed by atoms with E-state index < -0.39 is 17.3 Å². The van der Waals surface area contributed by atoms with Gasteiger partial charge >= 0.3 is 5.97 Å². The first-order valence-electron chi connectivity index (χ1n) is 7.59. The van der Waals surface area contributed by atoms with Gasteiger partial charge in [-0.1, -0.05) is 36.4 Å². The quantitative estimate of drug-likeness (QED) is 0.800. The molecule has 2 N–H and O–H groups in total. The third-order valence-electron chi connectivity index (χ3n) is 3.93. The van der Waals surface area contributed by atoms with Crippen molar-refractivity contribution >= 4 is 11.9 Å². The molecule has 0 spiro atoms. The summed E-state index contributed by atoms with van der Waals surface area (Å²) in [6, 6.07) is 15.5. The second-order valence-electron chi connectivity index (χ2n) is 6.04. The molecule has 0 aliphatic carbocycles. The number of carbonyl (C=O) groups excluding carboxylic acids is 1. The van der Waals surface area contributed by atoms with E-state index >= 15 is 0 Å². The highest BCUT2D eigenvalue weighted by Crippen LogP contribution is 2.23. The summed E-state index contributed by atoms with van der Waals surface area (Å²) in [4.78, 5) is 23.0. The van der Waals surface area contributed by atoms with Crippen molar-refractivity contribution in [3.05, 3.63) is 54.1 Å². The second kappa shape index (κ2) is 7.17. The van der Waals surface area contributed by atoms with Gasteiger partial charge in [0.15, 0.2) is 0 Å². The maximum absolute atomic E-state index is 11.9. The fourth-order valence-electron chi connectivity index (χ4n) is 2.10. The van der Waals surface area contributed by atoms with Crippen molar-refractivity contribution in [3.8, 4) is 16.9 Å². The number of carboxylic acid groups (broad SMARTS) is 1. The van der Waals surface area contributed by atoms with Crippen LogP contribution in [0.4, 0.5) is 0 Å². The number of nitrogens with one attached hydrogen (secondary N) is 1. The number of amides is 1. The lowest BCUT2D eigenvalue weighted by Crippen LogP contribution is -2.41. The van der Waals surface area contributed by atoms with Crippen LogP contribution in [0, 0.1) is 5.41 Å². The molecule has 0 aliphatic rings. The predicted octanol–water partition coefficient (Wildman–Crippen LogP) is 3.09. The van der Waals surface area contributed by atoms with Gasteiger partial charge in [0.05, 0.1) is 7.11 Å². The number of hydrogen-bond acceptors (Lipinski definition) is 3. The van der Waals surface area contributed by atoms with Crippen molar-refractivity contribution < 1.29 is 19.4 Å². The molecule has 2 aromatic rings. The van der Waals surface area contributed by atoms with Crippen LogP contribution in [0.25, 0.3) is 11.1 Å². The lowest BCUT2D eigenvalue weighted by atomic mass is 9.92. The van der Waals surface area contributed by atoms with Gasteiger partial charge in [0.2, 0.25) is 5.91 Å². The van der Waals surface area contributed by atoms with Crippen molar-refractivity contribution in [3.63, 3.8) is 0 Å². The van der Waals surface area contributed by atoms with E-state index in [1.54, 1.807) is 7.11 Å². The van der Waals surface area contributed by atoms with E-state index in [4.69, 9.17) is 9.84 Å². The monoisotopic (exact) mass is 327 g/mol. The molecule has 5 nitrogen and oxygen atoms in total. The molecule has 24 heavy (non-hydrogen) atoms. The van der Waals surface area contributed by atoms with Crippen LogP contribution in [0.5, 0.6) is 5.75 Å². The van der Waals surface area contributed by atoms with Gasteiger partial charge < -0.3 is 15.2 Å². The number of aliphatic carboxylic acids is 1. The average molecular weight is 327 g/mol. The Labute approximate surface area is 141 Å². The van der Waals surface area contributed by atoms with Gasteiger partial charge in [-0.25, -0.2) is 0 Å². The fraction of sp³-hybridized carbons (Fsp3) is 0.263. The molecule has 2 aromatic carbocycles. The summed E-state index contributed by atoms with van der Waals surface area (Å²) in [7, 11) is 1.63. The topological polar surface area (TPSA) is 75.6 Å². The molecule has 2 rings (SSSR count). The lowest BCUT2D eigenvalue weighted by molar-refractivity contribution is -0.153. The van der Waals surface area contributed by atoms with E-state index in [0.717, 1.165) is 22.4 Å². The molecule has 0 aromatic heterocycles. The Kier molecular flexibility index (Phi) is 5.24. The van der Waals surface area contributed by atoms with Crippen LogP contribution < -0.4 is 10.1 Å². The van der Waals surface area contributed by atoms with Gasteiger partial charge in [-0.2, -0.15) is 0 Å². The minimum atomic E-state index is -1.44. The zero-order valence-electron chi connectivity index (χ0n) is 14.0. The first kappa shape index (κ1) is 17.5. The zero-order valence-corrected chi connectivity index (χ0v) is 14.0. The van der Waals surface area contributed by atoms with Crippen LogP contribution in [-0.4, -0.2) is 24.1 Å². The summed E-state index contributed by atoms with van der Waals surface area (Å²) in [5.74, 6) is -0.844. The number of rotatable bonds is 6. The third kappa shape index (κ3) is 3.93. The molecule has 0 saturated heterocycles. The van der Waals surface area contributed by atoms with Crippen LogP contribution in [0.15, 0.2) is 48.5 Å². The SMILES string of the molecule is COc1ccc(-c2ccc(CNC(=O)C(C)(C)C(=O)O)cc2)cc1. The molecule has 5 heteroatoms. The molecule has 126 valence electrons. The van der Waals surface area contributed by atoms with E-state index in [0.29, 0.717) is 6.54 Å². The number of ether oxygens (including phenoxy) is 1. The zero-order chi connectivity index (χ0) is 17.7. The van der Waals surface area contributed by atoms with E-state index in [1.807, 2.05) is 48.5 Å². The summed E-state index contributed by atoms with van der Waals surface area (Å²) in [6.45, 7) is 3.06. The summed E-state index contributed by atoms with van der Waals surface area (Å²) >= 11 is 0. The lowest BCUT2D eigenvalue weighted by Gasteiger charge is -2.18. The van der Waals surface area contributed by atoms with Gasteiger partial charge in [-0.05, 0) is 42.7 Å². The Morgan fingerprint density at radius 2 is 1.50 bits per heavy atom. The highest BCUT2D eigenvalue weighted by molar-refractivity contribution is 6.00. The molecule has 0 heterocycles. The van der Waals surface area contributed by atoms with Crippen molar-refractivity contribution in [2.75, 3.05) is 7.11 Å². The predicted molar refractivity (Wildman–Crippen MR) is 91.7 cm³/mol. The number of carboxylic acids is 1. The van der Waals surface area contributed by atoms with Crippen LogP contribution in [-0.2, 0) is 16.1 Å². The fourth-order valence-corrected chi connectivity index (χ4v) is 2.10. The molecule has 0 bridgehead atoms. The molecule has 0 atom stereocenters. The highest BCUT2D eigenvalue weighted by atomic mass is 16.5. The number of methoxy groups -OCH3 is 1. The first-order chi connectivity index (χ1) is 11.3. The number of hydrogen-bond donors (Lipinski definition) is 2. The molecular formula is C19H21NO4. The van der Waals surface area contributed by atoms with Gasteiger partial charge in [-0.15, -0.1) is 0 Å². The van der Waals surface area contributed by atoms with Crippen LogP contribution in [0.2, 0.25) is 0 Å². The average Bonchev–Trinajstić information content (AvgIpc) is 2.60. The Morgan fingerprint density at radius 1 is 1.00 bits per heavy atom. The van der Waals surface area contributed by atoms with E-state index in [1.165, 1.54) is 13.8 Å². The van der Waals surface area contributed by atoms with E-state index in [9.17, 15) is 9.59 Å². The number of carbonyl (C=O) groups is 2. The smallest absolute Gasteiger partial charge is 0.318 e. The van der Waals surface area contributed by atoms with E-state index in [-0.39, 0.29) is 0 Å². The maximum Gasteiger partial charge on any atom is 0.318 e. The first-order valence-corrected chi connectivity index (χ1v) is 7.59. The normalized spacial score (nSPS) is 11.0. The van der Waals surface area contributed by atoms with Gasteiger partial charge in [0, 0.05) is 6.54 Å². The molecule has 0 aliphatic heterocycles. The molecule has 0 unspecified atom stereocenters. The molecular weight excluding hydrogens is 306 g/mol. The highest BCUT2D eigenvalue weighted by Gasteiger charge is 2.35.